The molecule has 0 fully saturated rings. The van der Waals surface area contributed by atoms with Gasteiger partial charge in [-0.3, -0.25) is 14.2 Å². The molecule has 0 aliphatic carbocycles. The number of benzene rings is 2. The van der Waals surface area contributed by atoms with Gasteiger partial charge in [0.15, 0.2) is 5.16 Å². The number of hydrogen-bond acceptors (Lipinski definition) is 4. The summed E-state index contributed by atoms with van der Waals surface area (Å²) in [7, 11) is 0. The molecule has 0 radical (unpaired) electrons. The topological polar surface area (TPSA) is 68.9 Å². The maximum absolute atomic E-state index is 13.3. The van der Waals surface area contributed by atoms with Gasteiger partial charge >= 0.3 is 0 Å². The Morgan fingerprint density at radius 2 is 1.90 bits per heavy atom. The molecule has 2 aromatic heterocycles. The van der Waals surface area contributed by atoms with Crippen molar-refractivity contribution in [3.63, 3.8) is 0 Å². The zero-order valence-electron chi connectivity index (χ0n) is 16.5. The lowest BCUT2D eigenvalue weighted by atomic mass is 10.1. The Balaban J connectivity index is 1.48. The molecule has 1 amide bonds. The molecule has 0 unspecified atom stereocenters. The molecule has 7 heteroatoms. The number of fused-ring (bicyclic) bond motifs is 4. The highest BCUT2D eigenvalue weighted by atomic mass is 32.2. The lowest BCUT2D eigenvalue weighted by molar-refractivity contribution is -0.121. The largest absolute Gasteiger partial charge is 0.354 e. The minimum atomic E-state index is -0.106. The van der Waals surface area contributed by atoms with Gasteiger partial charge < -0.3 is 9.88 Å². The van der Waals surface area contributed by atoms with E-state index < -0.39 is 0 Å². The standard InChI is InChI=1S/C23H22N4O2S/c28-19(24-12-11-16-7-2-1-3-8-16)15-27-18-10-5-4-9-17(18)20-21(27)22(29)26-13-6-14-30-23(26)25-20/h1-5,7-10H,6,11-15H2,(H,24,28). The molecule has 2 aromatic carbocycles. The second-order valence-electron chi connectivity index (χ2n) is 7.44. The Morgan fingerprint density at radius 3 is 2.77 bits per heavy atom. The molecule has 30 heavy (non-hydrogen) atoms. The third-order valence-electron chi connectivity index (χ3n) is 5.47. The third-order valence-corrected chi connectivity index (χ3v) is 6.53. The van der Waals surface area contributed by atoms with Crippen LogP contribution >= 0.6 is 11.8 Å². The lowest BCUT2D eigenvalue weighted by Crippen LogP contribution is -2.31. The smallest absolute Gasteiger partial charge is 0.278 e. The summed E-state index contributed by atoms with van der Waals surface area (Å²) in [5.41, 5.74) is 3.19. The van der Waals surface area contributed by atoms with Crippen molar-refractivity contribution < 1.29 is 4.79 Å². The van der Waals surface area contributed by atoms with E-state index in [2.05, 4.69) is 5.32 Å². The van der Waals surface area contributed by atoms with Gasteiger partial charge in [-0.05, 0) is 24.5 Å². The van der Waals surface area contributed by atoms with E-state index >= 15 is 0 Å². The average molecular weight is 419 g/mol. The van der Waals surface area contributed by atoms with E-state index in [1.165, 1.54) is 5.56 Å². The van der Waals surface area contributed by atoms with Crippen LogP contribution in [0, 0.1) is 0 Å². The van der Waals surface area contributed by atoms with Crippen LogP contribution in [-0.4, -0.2) is 32.3 Å². The number of carbonyl (C=O) groups is 1. The number of nitrogens with zero attached hydrogens (tertiary/aromatic N) is 3. The van der Waals surface area contributed by atoms with Gasteiger partial charge in [0.1, 0.15) is 17.6 Å². The highest BCUT2D eigenvalue weighted by Crippen LogP contribution is 2.29. The molecule has 152 valence electrons. The van der Waals surface area contributed by atoms with E-state index in [0.717, 1.165) is 34.7 Å². The number of rotatable bonds is 5. The summed E-state index contributed by atoms with van der Waals surface area (Å²) in [4.78, 5) is 30.8. The van der Waals surface area contributed by atoms with Gasteiger partial charge in [-0.25, -0.2) is 4.98 Å². The number of para-hydroxylation sites is 1. The normalized spacial score (nSPS) is 13.5. The van der Waals surface area contributed by atoms with Crippen LogP contribution in [0.2, 0.25) is 0 Å². The summed E-state index contributed by atoms with van der Waals surface area (Å²) in [6, 6.07) is 17.9. The lowest BCUT2D eigenvalue weighted by Gasteiger charge is -2.17. The molecule has 3 heterocycles. The van der Waals surface area contributed by atoms with Gasteiger partial charge in [0.2, 0.25) is 5.91 Å². The molecule has 1 N–H and O–H groups in total. The molecule has 1 aliphatic heterocycles. The van der Waals surface area contributed by atoms with Gasteiger partial charge in [0.05, 0.1) is 5.52 Å². The summed E-state index contributed by atoms with van der Waals surface area (Å²) in [5.74, 6) is 0.866. The van der Waals surface area contributed by atoms with Crippen LogP contribution in [0.15, 0.2) is 64.5 Å². The fourth-order valence-corrected chi connectivity index (χ4v) is 4.98. The molecule has 0 saturated heterocycles. The quantitative estimate of drug-likeness (QED) is 0.506. The van der Waals surface area contributed by atoms with Crippen LogP contribution in [0.1, 0.15) is 12.0 Å². The van der Waals surface area contributed by atoms with Gasteiger partial charge in [-0.2, -0.15) is 0 Å². The summed E-state index contributed by atoms with van der Waals surface area (Å²) >= 11 is 1.62. The van der Waals surface area contributed by atoms with Crippen molar-refractivity contribution in [2.75, 3.05) is 12.3 Å². The predicted molar refractivity (Wildman–Crippen MR) is 120 cm³/mol. The number of thioether (sulfide) groups is 1. The van der Waals surface area contributed by atoms with Gasteiger partial charge in [0, 0.05) is 24.2 Å². The van der Waals surface area contributed by atoms with E-state index in [1.54, 1.807) is 16.3 Å². The van der Waals surface area contributed by atoms with E-state index in [9.17, 15) is 9.59 Å². The van der Waals surface area contributed by atoms with Crippen LogP contribution in [0.3, 0.4) is 0 Å². The molecule has 0 atom stereocenters. The van der Waals surface area contributed by atoms with Crippen LogP contribution in [0.5, 0.6) is 0 Å². The number of amides is 1. The maximum Gasteiger partial charge on any atom is 0.278 e. The van der Waals surface area contributed by atoms with Crippen molar-refractivity contribution in [2.45, 2.75) is 31.1 Å². The molecule has 6 nitrogen and oxygen atoms in total. The second-order valence-corrected chi connectivity index (χ2v) is 8.50. The Kier molecular flexibility index (Phi) is 5.04. The second kappa shape index (κ2) is 7.99. The molecule has 5 rings (SSSR count). The predicted octanol–water partition coefficient (Wildman–Crippen LogP) is 3.21. The first kappa shape index (κ1) is 18.9. The van der Waals surface area contributed by atoms with Gasteiger partial charge in [0.25, 0.3) is 5.56 Å². The molecule has 1 aliphatic rings. The van der Waals surface area contributed by atoms with Crippen LogP contribution in [0.25, 0.3) is 21.9 Å². The monoisotopic (exact) mass is 418 g/mol. The molecule has 4 aromatic rings. The Labute approximate surface area is 177 Å². The average Bonchev–Trinajstić information content (AvgIpc) is 3.08. The van der Waals surface area contributed by atoms with Crippen molar-refractivity contribution in [3.05, 3.63) is 70.5 Å². The summed E-state index contributed by atoms with van der Waals surface area (Å²) in [6.45, 7) is 1.33. The summed E-state index contributed by atoms with van der Waals surface area (Å²) in [5, 5.41) is 4.67. The minimum absolute atomic E-state index is 0.0597. The number of hydrogen-bond donors (Lipinski definition) is 1. The Hall–Kier alpha value is -3.06. The summed E-state index contributed by atoms with van der Waals surface area (Å²) < 4.78 is 3.57. The van der Waals surface area contributed by atoms with Crippen molar-refractivity contribution in [1.29, 1.82) is 0 Å². The van der Waals surface area contributed by atoms with Crippen molar-refractivity contribution in [3.8, 4) is 0 Å². The van der Waals surface area contributed by atoms with E-state index in [1.807, 2.05) is 59.2 Å². The van der Waals surface area contributed by atoms with Gasteiger partial charge in [-0.1, -0.05) is 60.3 Å². The molecule has 0 spiro atoms. The number of aromatic nitrogens is 3. The van der Waals surface area contributed by atoms with Crippen LogP contribution in [-0.2, 0) is 24.3 Å². The third kappa shape index (κ3) is 3.39. The highest BCUT2D eigenvalue weighted by molar-refractivity contribution is 7.99. The number of carbonyl (C=O) groups excluding carboxylic acids is 1. The molecule has 0 saturated carbocycles. The van der Waals surface area contributed by atoms with Crippen molar-refractivity contribution in [1.82, 2.24) is 19.4 Å². The van der Waals surface area contributed by atoms with Crippen LogP contribution in [0.4, 0.5) is 0 Å². The fourth-order valence-electron chi connectivity index (χ4n) is 4.03. The zero-order valence-corrected chi connectivity index (χ0v) is 17.3. The van der Waals surface area contributed by atoms with E-state index in [-0.39, 0.29) is 18.0 Å². The fraction of sp³-hybridized carbons (Fsp3) is 0.261. The summed E-state index contributed by atoms with van der Waals surface area (Å²) in [6.07, 6.45) is 1.72. The molecular weight excluding hydrogens is 396 g/mol. The highest BCUT2D eigenvalue weighted by Gasteiger charge is 2.22. The Bertz CT molecular complexity index is 1290. The zero-order chi connectivity index (χ0) is 20.5. The first-order valence-electron chi connectivity index (χ1n) is 10.2. The molecular formula is C23H22N4O2S. The van der Waals surface area contributed by atoms with E-state index in [0.29, 0.717) is 24.1 Å². The maximum atomic E-state index is 13.3. The number of nitrogens with one attached hydrogen (secondary N) is 1. The minimum Gasteiger partial charge on any atom is -0.354 e. The van der Waals surface area contributed by atoms with Crippen molar-refractivity contribution in [2.24, 2.45) is 0 Å². The SMILES string of the molecule is O=C(Cn1c2ccccc2c2nc3n(c(=O)c21)CCCS3)NCCc1ccccc1. The van der Waals surface area contributed by atoms with Crippen molar-refractivity contribution >= 4 is 39.6 Å². The van der Waals surface area contributed by atoms with Gasteiger partial charge in [-0.15, -0.1) is 0 Å². The van der Waals surface area contributed by atoms with E-state index in [4.69, 9.17) is 4.98 Å². The van der Waals surface area contributed by atoms with Crippen LogP contribution < -0.4 is 10.9 Å². The first-order chi connectivity index (χ1) is 14.7. The molecule has 0 bridgehead atoms. The first-order valence-corrected chi connectivity index (χ1v) is 11.2. The Morgan fingerprint density at radius 1 is 1.10 bits per heavy atom.